The monoisotopic (exact) mass is 476 g/mol. The molecule has 2 N–H and O–H groups in total. The number of carbonyl (C=O) groups is 1. The van der Waals surface area contributed by atoms with Crippen LogP contribution in [0.15, 0.2) is 24.6 Å². The van der Waals surface area contributed by atoms with E-state index in [1.54, 1.807) is 6.92 Å². The predicted molar refractivity (Wildman–Crippen MR) is 148 cm³/mol. The molecule has 3 atom stereocenters. The van der Waals surface area contributed by atoms with Gasteiger partial charge in [0.15, 0.2) is 12.3 Å². The van der Waals surface area contributed by atoms with Gasteiger partial charge in [-0.1, -0.05) is 103 Å². The van der Waals surface area contributed by atoms with Gasteiger partial charge in [-0.3, -0.25) is 9.28 Å². The van der Waals surface area contributed by atoms with Crippen LogP contribution in [0.3, 0.4) is 0 Å². The zero-order valence-electron chi connectivity index (χ0n) is 23.3. The fourth-order valence-corrected chi connectivity index (χ4v) is 5.40. The van der Waals surface area contributed by atoms with E-state index < -0.39 is 0 Å². The smallest absolute Gasteiger partial charge is 0.221 e. The quantitative estimate of drug-likeness (QED) is 0.0937. The molecule has 1 heterocycles. The van der Waals surface area contributed by atoms with Crippen LogP contribution in [0.1, 0.15) is 143 Å². The predicted octanol–water partition coefficient (Wildman–Crippen LogP) is 8.30. The van der Waals surface area contributed by atoms with Crippen molar-refractivity contribution in [1.82, 2.24) is 10.6 Å². The fraction of sp³-hybridized carbons (Fsp3) is 0.833. The molecule has 4 nitrogen and oxygen atoms in total. The number of nitrogens with zero attached hydrogens (tertiary/aromatic N) is 1. The second-order valence-electron chi connectivity index (χ2n) is 10.5. The first kappa shape index (κ1) is 30.7. The molecule has 34 heavy (non-hydrogen) atoms. The number of amides is 1. The van der Waals surface area contributed by atoms with Gasteiger partial charge in [0.1, 0.15) is 6.20 Å². The van der Waals surface area contributed by atoms with Gasteiger partial charge in [-0.15, -0.1) is 0 Å². The van der Waals surface area contributed by atoms with Crippen molar-refractivity contribution in [2.45, 2.75) is 156 Å². The maximum Gasteiger partial charge on any atom is 0.221 e. The molecule has 4 heteroatoms. The Morgan fingerprint density at radius 1 is 0.853 bits per heavy atom. The molecule has 0 aliphatic carbocycles. The van der Waals surface area contributed by atoms with Gasteiger partial charge in [-0.25, -0.2) is 0 Å². The van der Waals surface area contributed by atoms with Crippen molar-refractivity contribution in [2.75, 3.05) is 6.54 Å². The minimum atomic E-state index is 0.0545. The van der Waals surface area contributed by atoms with Crippen LogP contribution in [-0.4, -0.2) is 29.3 Å². The van der Waals surface area contributed by atoms with Gasteiger partial charge in [0, 0.05) is 20.3 Å². The molecule has 198 valence electrons. The van der Waals surface area contributed by atoms with E-state index in [2.05, 4.69) is 56.0 Å². The van der Waals surface area contributed by atoms with Crippen LogP contribution in [-0.2, 0) is 4.79 Å². The van der Waals surface area contributed by atoms with Crippen molar-refractivity contribution in [3.8, 4) is 0 Å². The molecule has 3 unspecified atom stereocenters. The summed E-state index contributed by atoms with van der Waals surface area (Å²) in [5.74, 6) is 0.0545. The highest BCUT2D eigenvalue weighted by Crippen LogP contribution is 2.26. The molecule has 0 spiro atoms. The van der Waals surface area contributed by atoms with E-state index in [-0.39, 0.29) is 12.1 Å². The fourth-order valence-electron chi connectivity index (χ4n) is 5.40. The van der Waals surface area contributed by atoms with Gasteiger partial charge in [0.05, 0.1) is 12.7 Å². The average molecular weight is 477 g/mol. The van der Waals surface area contributed by atoms with Crippen LogP contribution >= 0.6 is 0 Å². The molecule has 0 bridgehead atoms. The largest absolute Gasteiger partial charge is 0.338 e. The molecule has 1 rings (SSSR count). The molecular formula is C30H58N3O+. The molecule has 0 saturated carbocycles. The molecule has 1 aliphatic heterocycles. The van der Waals surface area contributed by atoms with Crippen molar-refractivity contribution < 1.29 is 9.28 Å². The van der Waals surface area contributed by atoms with Gasteiger partial charge in [0.25, 0.3) is 0 Å². The SMILES string of the molecule is CCC/C=C/CCCCCCCCCCCCCCCCC1NC=C[N+]1(CC)C(C)NC(C)=O. The Morgan fingerprint density at radius 3 is 1.85 bits per heavy atom. The summed E-state index contributed by atoms with van der Waals surface area (Å²) < 4.78 is 0.815. The van der Waals surface area contributed by atoms with E-state index in [9.17, 15) is 4.79 Å². The maximum atomic E-state index is 11.6. The number of quaternary nitrogens is 1. The number of nitrogens with one attached hydrogen (secondary N) is 2. The van der Waals surface area contributed by atoms with Crippen molar-refractivity contribution in [1.29, 1.82) is 0 Å². The minimum absolute atomic E-state index is 0.0545. The third kappa shape index (κ3) is 13.0. The summed E-state index contributed by atoms with van der Waals surface area (Å²) >= 11 is 0. The summed E-state index contributed by atoms with van der Waals surface area (Å²) in [6.07, 6.45) is 34.1. The summed E-state index contributed by atoms with van der Waals surface area (Å²) in [5.41, 5.74) is 0. The van der Waals surface area contributed by atoms with E-state index in [0.717, 1.165) is 11.0 Å². The summed E-state index contributed by atoms with van der Waals surface area (Å²) in [6.45, 7) is 9.20. The van der Waals surface area contributed by atoms with Crippen molar-refractivity contribution in [2.24, 2.45) is 0 Å². The zero-order valence-corrected chi connectivity index (χ0v) is 23.3. The van der Waals surface area contributed by atoms with Crippen molar-refractivity contribution in [3.05, 3.63) is 24.6 Å². The number of hydrogen-bond donors (Lipinski definition) is 2. The van der Waals surface area contributed by atoms with Crippen LogP contribution in [0, 0.1) is 0 Å². The van der Waals surface area contributed by atoms with Gasteiger partial charge >= 0.3 is 0 Å². The lowest BCUT2D eigenvalue weighted by Crippen LogP contribution is -2.62. The first-order valence-corrected chi connectivity index (χ1v) is 14.8. The number of unbranched alkanes of at least 4 members (excludes halogenated alkanes) is 15. The van der Waals surface area contributed by atoms with Crippen LogP contribution in [0.2, 0.25) is 0 Å². The highest BCUT2D eigenvalue weighted by atomic mass is 16.1. The summed E-state index contributed by atoms with van der Waals surface area (Å²) in [5, 5.41) is 6.66. The molecule has 0 aromatic heterocycles. The number of allylic oxidation sites excluding steroid dienone is 2. The lowest BCUT2D eigenvalue weighted by Gasteiger charge is -2.41. The zero-order chi connectivity index (χ0) is 24.9. The normalized spacial score (nSPS) is 20.6. The molecule has 0 saturated heterocycles. The van der Waals surface area contributed by atoms with Crippen LogP contribution in [0.4, 0.5) is 0 Å². The highest BCUT2D eigenvalue weighted by molar-refractivity contribution is 5.72. The van der Waals surface area contributed by atoms with Gasteiger partial charge in [-0.05, 0) is 32.6 Å². The Balaban J connectivity index is 1.93. The minimum Gasteiger partial charge on any atom is -0.338 e. The number of carbonyl (C=O) groups excluding carboxylic acids is 1. The Morgan fingerprint density at radius 2 is 1.35 bits per heavy atom. The summed E-state index contributed by atoms with van der Waals surface area (Å²) in [7, 11) is 0. The molecule has 0 fully saturated rings. The topological polar surface area (TPSA) is 41.1 Å². The number of rotatable bonds is 22. The van der Waals surface area contributed by atoms with Crippen LogP contribution in [0.25, 0.3) is 0 Å². The van der Waals surface area contributed by atoms with E-state index in [4.69, 9.17) is 0 Å². The van der Waals surface area contributed by atoms with Crippen LogP contribution in [0.5, 0.6) is 0 Å². The molecule has 1 aliphatic rings. The Hall–Kier alpha value is -1.29. The average Bonchev–Trinajstić information content (AvgIpc) is 3.24. The third-order valence-electron chi connectivity index (χ3n) is 7.62. The van der Waals surface area contributed by atoms with E-state index >= 15 is 0 Å². The standard InChI is InChI=1S/C30H57N3O/c1-5-7-8-9-10-11-12-13-14-15-16-17-18-19-20-21-22-23-24-25-30-31-26-27-33(30,6-2)28(3)32-29(4)34/h8-9,26-28,30-31H,5-7,10-25H2,1-4H3/p+1/b9-8+. The molecule has 0 aromatic carbocycles. The molecule has 1 amide bonds. The number of hydrogen-bond acceptors (Lipinski definition) is 2. The van der Waals surface area contributed by atoms with Gasteiger partial charge < -0.3 is 10.6 Å². The van der Waals surface area contributed by atoms with E-state index in [1.165, 1.54) is 116 Å². The Kier molecular flexibility index (Phi) is 18.0. The van der Waals surface area contributed by atoms with Crippen LogP contribution < -0.4 is 10.6 Å². The van der Waals surface area contributed by atoms with Gasteiger partial charge in [0.2, 0.25) is 5.91 Å². The van der Waals surface area contributed by atoms with E-state index in [0.29, 0.717) is 6.17 Å². The van der Waals surface area contributed by atoms with Crippen molar-refractivity contribution in [3.63, 3.8) is 0 Å². The summed E-state index contributed by atoms with van der Waals surface area (Å²) in [6, 6.07) is 0. The molecule has 0 aromatic rings. The Labute approximate surface area is 212 Å². The first-order valence-electron chi connectivity index (χ1n) is 14.8. The Bertz CT molecular complexity index is 559. The van der Waals surface area contributed by atoms with Gasteiger partial charge in [-0.2, -0.15) is 0 Å². The summed E-state index contributed by atoms with van der Waals surface area (Å²) in [4.78, 5) is 11.6. The second kappa shape index (κ2) is 20.0. The third-order valence-corrected chi connectivity index (χ3v) is 7.62. The van der Waals surface area contributed by atoms with E-state index in [1.807, 2.05) is 0 Å². The highest BCUT2D eigenvalue weighted by Gasteiger charge is 2.41. The van der Waals surface area contributed by atoms with Crippen molar-refractivity contribution >= 4 is 5.91 Å². The molecule has 0 radical (unpaired) electrons. The second-order valence-corrected chi connectivity index (χ2v) is 10.5. The molecular weight excluding hydrogens is 418 g/mol. The lowest BCUT2D eigenvalue weighted by molar-refractivity contribution is -0.923. The lowest BCUT2D eigenvalue weighted by atomic mass is 10.0. The maximum absolute atomic E-state index is 11.6. The first-order chi connectivity index (χ1) is 16.6.